The molecule has 2 aromatic carbocycles. The lowest BCUT2D eigenvalue weighted by molar-refractivity contribution is -0.119. The molecule has 1 aliphatic heterocycles. The van der Waals surface area contributed by atoms with Gasteiger partial charge in [-0.3, -0.25) is 9.52 Å². The number of hydrogen-bond acceptors (Lipinski definition) is 8. The summed E-state index contributed by atoms with van der Waals surface area (Å²) >= 11 is 1.15. The van der Waals surface area contributed by atoms with Gasteiger partial charge in [0.1, 0.15) is 0 Å². The van der Waals surface area contributed by atoms with Gasteiger partial charge >= 0.3 is 0 Å². The van der Waals surface area contributed by atoms with Crippen LogP contribution in [-0.4, -0.2) is 49.5 Å². The van der Waals surface area contributed by atoms with Crippen molar-refractivity contribution in [2.75, 3.05) is 23.6 Å². The number of nitrogens with one attached hydrogen (secondary N) is 2. The highest BCUT2D eigenvalue weighted by Gasteiger charge is 2.17. The lowest BCUT2D eigenvalue weighted by Crippen LogP contribution is -2.32. The Morgan fingerprint density at radius 1 is 1.09 bits per heavy atom. The highest BCUT2D eigenvalue weighted by molar-refractivity contribution is 7.99. The number of benzene rings is 2. The molecule has 1 saturated heterocycles. The Balaban J connectivity index is 1.30. The topological polar surface area (TPSA) is 123 Å². The summed E-state index contributed by atoms with van der Waals surface area (Å²) in [5, 5.41) is 11.1. The van der Waals surface area contributed by atoms with Gasteiger partial charge in [0.05, 0.1) is 16.8 Å². The quantitative estimate of drug-likeness (QED) is 0.454. The smallest absolute Gasteiger partial charge is 0.277 e. The second-order valence-corrected chi connectivity index (χ2v) is 9.71. The van der Waals surface area contributed by atoms with Crippen LogP contribution in [0.4, 0.5) is 5.69 Å². The molecule has 3 aromatic rings. The summed E-state index contributed by atoms with van der Waals surface area (Å²) in [5.41, 5.74) is 1.05. The lowest BCUT2D eigenvalue weighted by Gasteiger charge is -2.09. The zero-order valence-electron chi connectivity index (χ0n) is 17.1. The Morgan fingerprint density at radius 2 is 1.88 bits per heavy atom. The van der Waals surface area contributed by atoms with Crippen LogP contribution >= 0.6 is 11.8 Å². The van der Waals surface area contributed by atoms with E-state index in [1.54, 1.807) is 42.5 Å². The molecule has 0 radical (unpaired) electrons. The third-order valence-corrected chi connectivity index (χ3v) is 6.94. The average molecular weight is 475 g/mol. The minimum Gasteiger partial charge on any atom is -0.411 e. The molecule has 2 N–H and O–H groups in total. The number of hydrogen-bond donors (Lipinski definition) is 2. The first-order valence-electron chi connectivity index (χ1n) is 10.0. The fourth-order valence-electron chi connectivity index (χ4n) is 3.09. The van der Waals surface area contributed by atoms with Crippen LogP contribution in [0.5, 0.6) is 0 Å². The predicted octanol–water partition coefficient (Wildman–Crippen LogP) is 2.92. The standard InChI is InChI=1S/C21H22N4O5S2/c26-19(22-13-17-5-4-12-29-17)14-31-21-24-23-20(30-21)15-8-10-16(11-9-15)25-32(27,28)18-6-2-1-3-7-18/h1-3,6-11,17,25H,4-5,12-14H2,(H,22,26)/t17-/m1/s1. The number of carbonyl (C=O) groups excluding carboxylic acids is 1. The van der Waals surface area contributed by atoms with Crippen LogP contribution in [0.1, 0.15) is 12.8 Å². The van der Waals surface area contributed by atoms with Crippen LogP contribution in [0.15, 0.2) is 69.1 Å². The number of thioether (sulfide) groups is 1. The predicted molar refractivity (Wildman–Crippen MR) is 120 cm³/mol. The van der Waals surface area contributed by atoms with E-state index in [0.29, 0.717) is 17.8 Å². The third kappa shape index (κ3) is 5.87. The van der Waals surface area contributed by atoms with Crippen molar-refractivity contribution >= 4 is 33.4 Å². The van der Waals surface area contributed by atoms with Crippen molar-refractivity contribution in [3.05, 3.63) is 54.6 Å². The van der Waals surface area contributed by atoms with Gasteiger partial charge in [0.25, 0.3) is 15.2 Å². The first-order chi connectivity index (χ1) is 15.5. The van der Waals surface area contributed by atoms with Gasteiger partial charge in [0.2, 0.25) is 11.8 Å². The van der Waals surface area contributed by atoms with Crippen LogP contribution in [0, 0.1) is 0 Å². The SMILES string of the molecule is O=C(CSc1nnc(-c2ccc(NS(=O)(=O)c3ccccc3)cc2)o1)NC[C@H]1CCCO1. The fraction of sp³-hybridized carbons (Fsp3) is 0.286. The molecule has 1 aliphatic rings. The summed E-state index contributed by atoms with van der Waals surface area (Å²) in [4.78, 5) is 12.2. The van der Waals surface area contributed by atoms with Crippen molar-refractivity contribution in [1.29, 1.82) is 0 Å². The van der Waals surface area contributed by atoms with Crippen molar-refractivity contribution in [3.63, 3.8) is 0 Å². The molecule has 11 heteroatoms. The monoisotopic (exact) mass is 474 g/mol. The van der Waals surface area contributed by atoms with Gasteiger partial charge in [-0.1, -0.05) is 30.0 Å². The Labute approximate surface area is 190 Å². The highest BCUT2D eigenvalue weighted by atomic mass is 32.2. The zero-order valence-corrected chi connectivity index (χ0v) is 18.7. The summed E-state index contributed by atoms with van der Waals surface area (Å²) < 4.78 is 38.4. The molecule has 0 saturated carbocycles. The molecule has 0 aliphatic carbocycles. The minimum atomic E-state index is -3.66. The lowest BCUT2D eigenvalue weighted by atomic mass is 10.2. The maximum absolute atomic E-state index is 12.4. The number of nitrogens with zero attached hydrogens (tertiary/aromatic N) is 2. The van der Waals surface area contributed by atoms with Crippen molar-refractivity contribution in [2.24, 2.45) is 0 Å². The number of anilines is 1. The van der Waals surface area contributed by atoms with E-state index in [-0.39, 0.29) is 33.8 Å². The van der Waals surface area contributed by atoms with Crippen LogP contribution in [0.25, 0.3) is 11.5 Å². The van der Waals surface area contributed by atoms with Gasteiger partial charge in [-0.25, -0.2) is 8.42 Å². The summed E-state index contributed by atoms with van der Waals surface area (Å²) in [6, 6.07) is 14.7. The first-order valence-corrected chi connectivity index (χ1v) is 12.5. The summed E-state index contributed by atoms with van der Waals surface area (Å²) in [6.45, 7) is 1.26. The molecule has 0 bridgehead atoms. The minimum absolute atomic E-state index is 0.0964. The third-order valence-electron chi connectivity index (χ3n) is 4.72. The maximum Gasteiger partial charge on any atom is 0.277 e. The average Bonchev–Trinajstić information content (AvgIpc) is 3.49. The van der Waals surface area contributed by atoms with E-state index < -0.39 is 10.0 Å². The molecule has 1 amide bonds. The number of aromatic nitrogens is 2. The number of amides is 1. The van der Waals surface area contributed by atoms with Crippen LogP contribution < -0.4 is 10.0 Å². The normalized spacial score (nSPS) is 16.1. The molecule has 1 atom stereocenters. The van der Waals surface area contributed by atoms with E-state index in [0.717, 1.165) is 31.2 Å². The number of ether oxygens (including phenoxy) is 1. The van der Waals surface area contributed by atoms with E-state index in [4.69, 9.17) is 9.15 Å². The second kappa shape index (κ2) is 10.2. The van der Waals surface area contributed by atoms with Crippen molar-refractivity contribution in [1.82, 2.24) is 15.5 Å². The zero-order chi connectivity index (χ0) is 22.4. The van der Waals surface area contributed by atoms with E-state index in [1.807, 2.05) is 0 Å². The van der Waals surface area contributed by atoms with Gasteiger partial charge < -0.3 is 14.5 Å². The summed E-state index contributed by atoms with van der Waals surface area (Å²) in [5.74, 6) is 0.319. The van der Waals surface area contributed by atoms with Gasteiger partial charge in [0.15, 0.2) is 0 Å². The molecule has 4 rings (SSSR count). The van der Waals surface area contributed by atoms with E-state index in [2.05, 4.69) is 20.2 Å². The molecule has 1 fully saturated rings. The van der Waals surface area contributed by atoms with Crippen molar-refractivity contribution in [3.8, 4) is 11.5 Å². The number of carbonyl (C=O) groups is 1. The van der Waals surface area contributed by atoms with Crippen molar-refractivity contribution < 1.29 is 22.4 Å². The van der Waals surface area contributed by atoms with Crippen LogP contribution in [0.2, 0.25) is 0 Å². The molecule has 0 unspecified atom stereocenters. The molecule has 2 heterocycles. The fourth-order valence-corrected chi connectivity index (χ4v) is 4.76. The van der Waals surface area contributed by atoms with Gasteiger partial charge in [-0.2, -0.15) is 0 Å². The first kappa shape index (κ1) is 22.3. The van der Waals surface area contributed by atoms with E-state index in [9.17, 15) is 13.2 Å². The largest absolute Gasteiger partial charge is 0.411 e. The Hall–Kier alpha value is -2.89. The van der Waals surface area contributed by atoms with Gasteiger partial charge in [-0.15, -0.1) is 10.2 Å². The van der Waals surface area contributed by atoms with Gasteiger partial charge in [0, 0.05) is 24.4 Å². The molecule has 32 heavy (non-hydrogen) atoms. The molecular weight excluding hydrogens is 452 g/mol. The molecule has 0 spiro atoms. The van der Waals surface area contributed by atoms with Gasteiger partial charge in [-0.05, 0) is 49.2 Å². The maximum atomic E-state index is 12.4. The molecular formula is C21H22N4O5S2. The Morgan fingerprint density at radius 3 is 2.59 bits per heavy atom. The Kier molecular flexibility index (Phi) is 7.08. The van der Waals surface area contributed by atoms with E-state index in [1.165, 1.54) is 12.1 Å². The van der Waals surface area contributed by atoms with Crippen LogP contribution in [0.3, 0.4) is 0 Å². The molecule has 168 valence electrons. The molecule has 9 nitrogen and oxygen atoms in total. The number of sulfonamides is 1. The second-order valence-electron chi connectivity index (χ2n) is 7.10. The molecule has 1 aromatic heterocycles. The van der Waals surface area contributed by atoms with Crippen LogP contribution in [-0.2, 0) is 19.6 Å². The summed E-state index contributed by atoms with van der Waals surface area (Å²) in [7, 11) is -3.66. The van der Waals surface area contributed by atoms with Crippen molar-refractivity contribution in [2.45, 2.75) is 29.1 Å². The number of rotatable bonds is 9. The van der Waals surface area contributed by atoms with E-state index >= 15 is 0 Å². The Bertz CT molecular complexity index is 1140. The summed E-state index contributed by atoms with van der Waals surface area (Å²) in [6.07, 6.45) is 2.09. The highest BCUT2D eigenvalue weighted by Crippen LogP contribution is 2.25.